The first-order valence-corrected chi connectivity index (χ1v) is 17.8. The van der Waals surface area contributed by atoms with Crippen molar-refractivity contribution in [2.24, 2.45) is 5.92 Å². The van der Waals surface area contributed by atoms with Crippen LogP contribution in [-0.2, 0) is 17.9 Å². The fraction of sp³-hybridized carbons (Fsp3) is 0.341. The van der Waals surface area contributed by atoms with Gasteiger partial charge >= 0.3 is 5.97 Å². The summed E-state index contributed by atoms with van der Waals surface area (Å²) in [5, 5.41) is 22.5. The van der Waals surface area contributed by atoms with E-state index < -0.39 is 5.97 Å². The topological polar surface area (TPSA) is 115 Å². The van der Waals surface area contributed by atoms with Crippen molar-refractivity contribution in [3.8, 4) is 16.9 Å². The monoisotopic (exact) mass is 708 g/mol. The van der Waals surface area contributed by atoms with Crippen LogP contribution in [0.2, 0.25) is 5.02 Å². The number of anilines is 1. The van der Waals surface area contributed by atoms with Crippen LogP contribution in [0, 0.1) is 19.8 Å². The minimum atomic E-state index is -0.701. The van der Waals surface area contributed by atoms with Crippen LogP contribution in [0.5, 0.6) is 5.75 Å². The Morgan fingerprint density at radius 1 is 0.941 bits per heavy atom. The second-order valence-corrected chi connectivity index (χ2v) is 14.0. The summed E-state index contributed by atoms with van der Waals surface area (Å²) < 4.78 is 5.79. The number of likely N-dealkylation sites (tertiary alicyclic amines) is 2. The van der Waals surface area contributed by atoms with E-state index in [1.165, 1.54) is 0 Å². The number of β-amino-alcohol motifs (C(OH)–C–C–N with tert-alkyl or cyclic N) is 1. The van der Waals surface area contributed by atoms with E-state index in [1.807, 2.05) is 30.3 Å². The molecule has 3 N–H and O–H groups in total. The molecule has 2 aliphatic rings. The number of aliphatic carboxylic acids is 1. The van der Waals surface area contributed by atoms with Crippen LogP contribution < -0.4 is 10.1 Å². The summed E-state index contributed by atoms with van der Waals surface area (Å²) in [7, 11) is 1.68. The number of hydrogen-bond donors (Lipinski definition) is 3. The first kappa shape index (κ1) is 36.3. The maximum atomic E-state index is 13.2. The number of aliphatic hydroxyl groups is 1. The number of halogens is 1. The second kappa shape index (κ2) is 16.2. The predicted molar refractivity (Wildman–Crippen MR) is 202 cm³/mol. The third-order valence-electron chi connectivity index (χ3n) is 10.1. The molecule has 4 aromatic rings. The molecule has 0 unspecified atom stereocenters. The van der Waals surface area contributed by atoms with Crippen molar-refractivity contribution in [3.05, 3.63) is 111 Å². The van der Waals surface area contributed by atoms with E-state index in [9.17, 15) is 19.8 Å². The SMILES string of the molecule is COc1cc(/C=C/c2cccc(-c3cccc(NC(=O)c4ccc(CN5CC[C@@H](O)C5)cn4)c3Cl)c2C)c(C)cc1CN1CCC(C(=O)O)CC1. The van der Waals surface area contributed by atoms with Crippen molar-refractivity contribution in [1.29, 1.82) is 0 Å². The van der Waals surface area contributed by atoms with Crippen LogP contribution >= 0.6 is 11.6 Å². The average molecular weight is 709 g/mol. The highest BCUT2D eigenvalue weighted by Gasteiger charge is 2.25. The minimum absolute atomic E-state index is 0.255. The van der Waals surface area contributed by atoms with Crippen molar-refractivity contribution in [3.63, 3.8) is 0 Å². The summed E-state index contributed by atoms with van der Waals surface area (Å²) in [5.41, 5.74) is 8.91. The number of nitrogens with zero attached hydrogens (tertiary/aromatic N) is 3. The van der Waals surface area contributed by atoms with Gasteiger partial charge < -0.3 is 20.3 Å². The first-order valence-electron chi connectivity index (χ1n) is 17.5. The Balaban J connectivity index is 1.15. The standard InChI is InChI=1S/C41H45ClN4O5/c1-26-20-32(24-45-17-14-30(15-18-45)41(49)50)38(51-3)21-31(26)12-11-29-6-4-7-34(27(29)2)35-8-5-9-36(39(35)42)44-40(48)37-13-10-28(22-43-37)23-46-19-16-33(47)25-46/h4-13,20-22,30,33,47H,14-19,23-25H2,1-3H3,(H,44,48)(H,49,50)/b12-11+/t33-/m1/s1. The number of aromatic nitrogens is 1. The number of nitrogens with one attached hydrogen (secondary N) is 1. The van der Waals surface area contributed by atoms with Crippen molar-refractivity contribution in [2.45, 2.75) is 52.3 Å². The highest BCUT2D eigenvalue weighted by molar-refractivity contribution is 6.36. The third kappa shape index (κ3) is 8.68. The molecular formula is C41H45ClN4O5. The molecule has 3 heterocycles. The lowest BCUT2D eigenvalue weighted by molar-refractivity contribution is -0.143. The maximum Gasteiger partial charge on any atom is 0.306 e. The van der Waals surface area contributed by atoms with Crippen molar-refractivity contribution in [1.82, 2.24) is 14.8 Å². The van der Waals surface area contributed by atoms with E-state index in [0.29, 0.717) is 42.3 Å². The van der Waals surface area contributed by atoms with E-state index in [1.54, 1.807) is 25.4 Å². The van der Waals surface area contributed by atoms with Crippen molar-refractivity contribution >= 4 is 41.3 Å². The number of aryl methyl sites for hydroxylation is 1. The molecule has 0 radical (unpaired) electrons. The number of ether oxygens (including phenoxy) is 1. The summed E-state index contributed by atoms with van der Waals surface area (Å²) in [6.07, 6.45) is 7.73. The van der Waals surface area contributed by atoms with Crippen LogP contribution in [-0.4, -0.2) is 76.3 Å². The molecule has 2 saturated heterocycles. The predicted octanol–water partition coefficient (Wildman–Crippen LogP) is 7.31. The number of hydrogen-bond acceptors (Lipinski definition) is 7. The normalized spacial score (nSPS) is 17.2. The zero-order valence-electron chi connectivity index (χ0n) is 29.4. The fourth-order valence-electron chi connectivity index (χ4n) is 7.03. The van der Waals surface area contributed by atoms with Gasteiger partial charge in [0.15, 0.2) is 0 Å². The Morgan fingerprint density at radius 3 is 2.35 bits per heavy atom. The molecule has 51 heavy (non-hydrogen) atoms. The third-order valence-corrected chi connectivity index (χ3v) is 10.5. The lowest BCUT2D eigenvalue weighted by atomic mass is 9.94. The highest BCUT2D eigenvalue weighted by Crippen LogP contribution is 2.37. The molecule has 1 aromatic heterocycles. The van der Waals surface area contributed by atoms with Gasteiger partial charge in [-0.15, -0.1) is 0 Å². The number of pyridine rings is 1. The Labute approximate surface area is 304 Å². The summed E-state index contributed by atoms with van der Waals surface area (Å²) in [6, 6.07) is 19.6. The number of carbonyl (C=O) groups excluding carboxylic acids is 1. The van der Waals surface area contributed by atoms with Crippen LogP contribution in [0.15, 0.2) is 66.9 Å². The molecule has 0 spiro atoms. The van der Waals surface area contributed by atoms with Crippen LogP contribution in [0.3, 0.4) is 0 Å². The summed E-state index contributed by atoms with van der Waals surface area (Å²) in [6.45, 7) is 8.57. The van der Waals surface area contributed by atoms with Gasteiger partial charge in [0.25, 0.3) is 5.91 Å². The number of benzene rings is 3. The number of carboxylic acids is 1. The van der Waals surface area contributed by atoms with Gasteiger partial charge in [0.2, 0.25) is 0 Å². The fourth-order valence-corrected chi connectivity index (χ4v) is 7.31. The van der Waals surface area contributed by atoms with E-state index in [2.05, 4.69) is 64.3 Å². The Bertz CT molecular complexity index is 1920. The minimum Gasteiger partial charge on any atom is -0.496 e. The summed E-state index contributed by atoms with van der Waals surface area (Å²) in [4.78, 5) is 33.4. The molecule has 266 valence electrons. The Morgan fingerprint density at radius 2 is 1.67 bits per heavy atom. The van der Waals surface area contributed by atoms with Gasteiger partial charge in [-0.3, -0.25) is 24.4 Å². The molecule has 9 nitrogen and oxygen atoms in total. The van der Waals surface area contributed by atoms with Gasteiger partial charge in [-0.2, -0.15) is 0 Å². The Hall–Kier alpha value is -4.54. The lowest BCUT2D eigenvalue weighted by Gasteiger charge is -2.30. The van der Waals surface area contributed by atoms with Crippen LogP contribution in [0.25, 0.3) is 23.3 Å². The number of rotatable bonds is 11. The smallest absolute Gasteiger partial charge is 0.306 e. The lowest BCUT2D eigenvalue weighted by Crippen LogP contribution is -2.35. The molecule has 2 aliphatic heterocycles. The second-order valence-electron chi connectivity index (χ2n) is 13.6. The molecule has 1 amide bonds. The van der Waals surface area contributed by atoms with E-state index in [4.69, 9.17) is 16.3 Å². The zero-order chi connectivity index (χ0) is 36.1. The quantitative estimate of drug-likeness (QED) is 0.139. The van der Waals surface area contributed by atoms with Crippen molar-refractivity contribution < 1.29 is 24.5 Å². The molecule has 1 atom stereocenters. The van der Waals surface area contributed by atoms with Gasteiger partial charge in [-0.25, -0.2) is 0 Å². The average Bonchev–Trinajstić information content (AvgIpc) is 3.54. The molecule has 3 aromatic carbocycles. The van der Waals surface area contributed by atoms with Gasteiger partial charge in [-0.05, 0) is 97.8 Å². The molecule has 0 saturated carbocycles. The number of amides is 1. The van der Waals surface area contributed by atoms with Gasteiger partial charge in [0.1, 0.15) is 11.4 Å². The number of piperidine rings is 1. The molecule has 10 heteroatoms. The number of carbonyl (C=O) groups is 2. The number of carboxylic acid groups (broad SMARTS) is 1. The van der Waals surface area contributed by atoms with E-state index >= 15 is 0 Å². The number of methoxy groups -OCH3 is 1. The van der Waals surface area contributed by atoms with Gasteiger partial charge in [0.05, 0.1) is 29.8 Å². The molecule has 2 fully saturated rings. The summed E-state index contributed by atoms with van der Waals surface area (Å²) >= 11 is 6.94. The maximum absolute atomic E-state index is 13.2. The van der Waals surface area contributed by atoms with E-state index in [0.717, 1.165) is 82.9 Å². The Kier molecular flexibility index (Phi) is 11.5. The molecule has 0 bridgehead atoms. The van der Waals surface area contributed by atoms with E-state index in [-0.39, 0.29) is 17.9 Å². The van der Waals surface area contributed by atoms with Crippen molar-refractivity contribution in [2.75, 3.05) is 38.6 Å². The summed E-state index contributed by atoms with van der Waals surface area (Å²) in [5.74, 6) is -0.488. The molecular weight excluding hydrogens is 664 g/mol. The highest BCUT2D eigenvalue weighted by atomic mass is 35.5. The van der Waals surface area contributed by atoms with Gasteiger partial charge in [-0.1, -0.05) is 66.2 Å². The van der Waals surface area contributed by atoms with Gasteiger partial charge in [0, 0.05) is 43.5 Å². The largest absolute Gasteiger partial charge is 0.496 e. The zero-order valence-corrected chi connectivity index (χ0v) is 30.1. The molecule has 6 rings (SSSR count). The van der Waals surface area contributed by atoms with Crippen LogP contribution in [0.1, 0.15) is 63.1 Å². The first-order chi connectivity index (χ1) is 24.6. The number of aliphatic hydroxyl groups excluding tert-OH is 1. The van der Waals surface area contributed by atoms with Crippen LogP contribution in [0.4, 0.5) is 5.69 Å². The molecule has 0 aliphatic carbocycles.